The summed E-state index contributed by atoms with van der Waals surface area (Å²) in [6, 6.07) is 5.99. The third kappa shape index (κ3) is 3.36. The van der Waals surface area contributed by atoms with Gasteiger partial charge in [0.1, 0.15) is 0 Å². The fourth-order valence-corrected chi connectivity index (χ4v) is 2.50. The Kier molecular flexibility index (Phi) is 4.59. The number of carbonyl (C=O) groups excluding carboxylic acids is 1. The van der Waals surface area contributed by atoms with Crippen molar-refractivity contribution in [1.82, 2.24) is 5.32 Å². The topological polar surface area (TPSA) is 55.1 Å². The number of nitrogens with two attached hydrogens (primary N) is 1. The smallest absolute Gasteiger partial charge is 0.251 e. The molecule has 1 aromatic carbocycles. The lowest BCUT2D eigenvalue weighted by Gasteiger charge is -2.13. The molecule has 19 heavy (non-hydrogen) atoms. The molecule has 0 unspecified atom stereocenters. The van der Waals surface area contributed by atoms with Gasteiger partial charge in [-0.3, -0.25) is 4.79 Å². The first-order valence-corrected chi connectivity index (χ1v) is 6.82. The van der Waals surface area contributed by atoms with Crippen molar-refractivity contribution in [3.05, 3.63) is 34.9 Å². The number of amides is 1. The highest BCUT2D eigenvalue weighted by atomic mass is 16.1. The van der Waals surface area contributed by atoms with Crippen LogP contribution in [0.25, 0.3) is 0 Å². The van der Waals surface area contributed by atoms with Gasteiger partial charge >= 0.3 is 0 Å². The Morgan fingerprint density at radius 1 is 1.42 bits per heavy atom. The van der Waals surface area contributed by atoms with Crippen molar-refractivity contribution < 1.29 is 4.79 Å². The number of carbonyl (C=O) groups is 1. The summed E-state index contributed by atoms with van der Waals surface area (Å²) in [4.78, 5) is 12.3. The minimum atomic E-state index is 0.0146. The SMILES string of the molecule is Cc1c(C#CCN)cccc1C(=O)NC1CCCC1. The lowest BCUT2D eigenvalue weighted by molar-refractivity contribution is 0.0937. The van der Waals surface area contributed by atoms with Gasteiger partial charge in [-0.1, -0.05) is 30.7 Å². The summed E-state index contributed by atoms with van der Waals surface area (Å²) < 4.78 is 0. The van der Waals surface area contributed by atoms with E-state index in [2.05, 4.69) is 17.2 Å². The van der Waals surface area contributed by atoms with Crippen molar-refractivity contribution in [2.75, 3.05) is 6.54 Å². The first kappa shape index (κ1) is 13.6. The molecule has 1 saturated carbocycles. The molecule has 0 bridgehead atoms. The second-order valence-electron chi connectivity index (χ2n) is 4.94. The predicted octanol–water partition coefficient (Wildman–Crippen LogP) is 1.98. The summed E-state index contributed by atoms with van der Waals surface area (Å²) in [5.74, 6) is 5.85. The Labute approximate surface area is 114 Å². The molecule has 1 aliphatic rings. The maximum absolute atomic E-state index is 12.3. The molecule has 0 spiro atoms. The second-order valence-corrected chi connectivity index (χ2v) is 4.94. The van der Waals surface area contributed by atoms with Gasteiger partial charge in [-0.25, -0.2) is 0 Å². The average molecular weight is 256 g/mol. The molecule has 0 radical (unpaired) electrons. The number of rotatable bonds is 2. The van der Waals surface area contributed by atoms with Gasteiger partial charge in [0.05, 0.1) is 6.54 Å². The van der Waals surface area contributed by atoms with Crippen LogP contribution in [-0.2, 0) is 0 Å². The van der Waals surface area contributed by atoms with Crippen LogP contribution in [0.5, 0.6) is 0 Å². The normalized spacial score (nSPS) is 14.8. The summed E-state index contributed by atoms with van der Waals surface area (Å²) in [7, 11) is 0. The summed E-state index contributed by atoms with van der Waals surface area (Å²) >= 11 is 0. The van der Waals surface area contributed by atoms with E-state index in [0.717, 1.165) is 29.5 Å². The molecular weight excluding hydrogens is 236 g/mol. The van der Waals surface area contributed by atoms with Crippen molar-refractivity contribution in [2.24, 2.45) is 5.73 Å². The standard InChI is InChI=1S/C16H20N2O/c1-12-13(7-5-11-17)6-4-10-15(12)16(19)18-14-8-2-3-9-14/h4,6,10,14H,2-3,8-9,11,17H2,1H3,(H,18,19). The molecule has 0 heterocycles. The van der Waals surface area contributed by atoms with Gasteiger partial charge in [0.15, 0.2) is 0 Å². The quantitative estimate of drug-likeness (QED) is 0.795. The fourth-order valence-electron chi connectivity index (χ4n) is 2.50. The van der Waals surface area contributed by atoms with Crippen molar-refractivity contribution in [3.63, 3.8) is 0 Å². The highest BCUT2D eigenvalue weighted by Gasteiger charge is 2.19. The van der Waals surface area contributed by atoms with E-state index < -0.39 is 0 Å². The Morgan fingerprint density at radius 3 is 2.84 bits per heavy atom. The number of hydrogen-bond donors (Lipinski definition) is 2. The second kappa shape index (κ2) is 6.40. The van der Waals surface area contributed by atoms with Gasteiger partial charge in [0.2, 0.25) is 0 Å². The zero-order valence-electron chi connectivity index (χ0n) is 11.3. The van der Waals surface area contributed by atoms with Crippen molar-refractivity contribution in [2.45, 2.75) is 38.6 Å². The van der Waals surface area contributed by atoms with E-state index in [1.54, 1.807) is 0 Å². The van der Waals surface area contributed by atoms with Crippen molar-refractivity contribution >= 4 is 5.91 Å². The number of hydrogen-bond acceptors (Lipinski definition) is 2. The Bertz CT molecular complexity index is 519. The lowest BCUT2D eigenvalue weighted by Crippen LogP contribution is -2.33. The number of benzene rings is 1. The molecule has 1 amide bonds. The summed E-state index contributed by atoms with van der Waals surface area (Å²) in [6.45, 7) is 2.27. The van der Waals surface area contributed by atoms with Crippen LogP contribution < -0.4 is 11.1 Å². The molecule has 0 atom stereocenters. The molecule has 3 nitrogen and oxygen atoms in total. The van der Waals surface area contributed by atoms with E-state index in [1.165, 1.54) is 12.8 Å². The molecule has 100 valence electrons. The summed E-state index contributed by atoms with van der Waals surface area (Å²) in [5.41, 5.74) is 7.91. The van der Waals surface area contributed by atoms with Crippen LogP contribution in [-0.4, -0.2) is 18.5 Å². The van der Waals surface area contributed by atoms with Crippen molar-refractivity contribution in [1.29, 1.82) is 0 Å². The molecule has 1 aliphatic carbocycles. The van der Waals surface area contributed by atoms with Gasteiger partial charge in [-0.2, -0.15) is 0 Å². The zero-order valence-corrected chi connectivity index (χ0v) is 11.3. The van der Waals surface area contributed by atoms with Crippen LogP contribution in [0.2, 0.25) is 0 Å². The van der Waals surface area contributed by atoms with E-state index in [-0.39, 0.29) is 5.91 Å². The molecule has 0 aliphatic heterocycles. The van der Waals surface area contributed by atoms with Crippen LogP contribution in [0.4, 0.5) is 0 Å². The highest BCUT2D eigenvalue weighted by Crippen LogP contribution is 2.19. The van der Waals surface area contributed by atoms with Crippen LogP contribution in [0.15, 0.2) is 18.2 Å². The fraction of sp³-hybridized carbons (Fsp3) is 0.438. The third-order valence-corrected chi connectivity index (χ3v) is 3.59. The van der Waals surface area contributed by atoms with Crippen LogP contribution in [0.1, 0.15) is 47.2 Å². The molecule has 3 heteroatoms. The lowest BCUT2D eigenvalue weighted by atomic mass is 10.0. The first-order valence-electron chi connectivity index (χ1n) is 6.82. The monoisotopic (exact) mass is 256 g/mol. The molecular formula is C16H20N2O. The van der Waals surface area contributed by atoms with E-state index >= 15 is 0 Å². The first-order chi connectivity index (χ1) is 9.22. The Morgan fingerprint density at radius 2 is 2.16 bits per heavy atom. The van der Waals surface area contributed by atoms with Crippen LogP contribution in [0, 0.1) is 18.8 Å². The Balaban J connectivity index is 2.16. The van der Waals surface area contributed by atoms with Gasteiger partial charge in [0.25, 0.3) is 5.91 Å². The average Bonchev–Trinajstić information content (AvgIpc) is 2.90. The van der Waals surface area contributed by atoms with Crippen LogP contribution in [0.3, 0.4) is 0 Å². The molecule has 0 aromatic heterocycles. The Hall–Kier alpha value is -1.79. The van der Waals surface area contributed by atoms with Crippen LogP contribution >= 0.6 is 0 Å². The molecule has 3 N–H and O–H groups in total. The summed E-state index contributed by atoms with van der Waals surface area (Å²) in [5, 5.41) is 3.11. The van der Waals surface area contributed by atoms with Gasteiger partial charge in [-0.05, 0) is 37.5 Å². The molecule has 1 aromatic rings. The maximum Gasteiger partial charge on any atom is 0.251 e. The van der Waals surface area contributed by atoms with Gasteiger partial charge in [-0.15, -0.1) is 0 Å². The zero-order chi connectivity index (χ0) is 13.7. The molecule has 0 saturated heterocycles. The summed E-state index contributed by atoms with van der Waals surface area (Å²) in [6.07, 6.45) is 4.62. The minimum absolute atomic E-state index is 0.0146. The third-order valence-electron chi connectivity index (χ3n) is 3.59. The predicted molar refractivity (Wildman–Crippen MR) is 76.8 cm³/mol. The highest BCUT2D eigenvalue weighted by molar-refractivity contribution is 5.96. The van der Waals surface area contributed by atoms with Gasteiger partial charge < -0.3 is 11.1 Å². The van der Waals surface area contributed by atoms with Gasteiger partial charge in [0, 0.05) is 17.2 Å². The van der Waals surface area contributed by atoms with E-state index in [1.807, 2.05) is 25.1 Å². The van der Waals surface area contributed by atoms with E-state index in [4.69, 9.17) is 5.73 Å². The minimum Gasteiger partial charge on any atom is -0.349 e. The molecule has 2 rings (SSSR count). The maximum atomic E-state index is 12.3. The number of nitrogens with one attached hydrogen (secondary N) is 1. The molecule has 1 fully saturated rings. The van der Waals surface area contributed by atoms with E-state index in [0.29, 0.717) is 12.6 Å². The van der Waals surface area contributed by atoms with Crippen molar-refractivity contribution in [3.8, 4) is 11.8 Å². The van der Waals surface area contributed by atoms with E-state index in [9.17, 15) is 4.79 Å². The largest absolute Gasteiger partial charge is 0.349 e.